The summed E-state index contributed by atoms with van der Waals surface area (Å²) in [6.07, 6.45) is 7.26. The number of para-hydroxylation sites is 4. The van der Waals surface area contributed by atoms with Crippen molar-refractivity contribution in [2.75, 3.05) is 0 Å². The molecule has 4 N–H and O–H groups in total. The maximum absolute atomic E-state index is 5.00. The Hall–Kier alpha value is -1.67. The Kier molecular flexibility index (Phi) is 16.8. The van der Waals surface area contributed by atoms with Crippen molar-refractivity contribution in [1.82, 2.24) is 40.8 Å². The Morgan fingerprint density at radius 3 is 0.674 bits per heavy atom. The minimum atomic E-state index is -2.97. The normalized spacial score (nSPS) is 11.3. The van der Waals surface area contributed by atoms with Crippen LogP contribution in [0.25, 0.3) is 43.6 Å². The summed E-state index contributed by atoms with van der Waals surface area (Å²) in [5.41, 5.74) is 4.38. The number of nitrogens with one attached hydrogen (secondary N) is 4. The molecule has 0 aliphatic heterocycles. The van der Waals surface area contributed by atoms with Gasteiger partial charge in [-0.2, -0.15) is 20.4 Å². The van der Waals surface area contributed by atoms with Crippen LogP contribution in [0.1, 0.15) is 0 Å². The molecule has 4 heterocycles. The summed E-state index contributed by atoms with van der Waals surface area (Å²) in [4.78, 5) is 0. The van der Waals surface area contributed by atoms with Crippen LogP contribution in [0.15, 0.2) is 122 Å². The maximum atomic E-state index is 5.00. The van der Waals surface area contributed by atoms with Crippen molar-refractivity contribution in [2.45, 2.75) is 0 Å². The fraction of sp³-hybridized carbons (Fsp3) is 0. The molecule has 18 heteroatoms. The number of hydrogen-bond acceptors (Lipinski definition) is 4. The van der Waals surface area contributed by atoms with Gasteiger partial charge in [0.1, 0.15) is 0 Å². The fourth-order valence-electron chi connectivity index (χ4n) is 3.53. The van der Waals surface area contributed by atoms with Crippen molar-refractivity contribution >= 4 is 121 Å². The van der Waals surface area contributed by atoms with Gasteiger partial charge in [0, 0.05) is 21.5 Å². The molecule has 46 heavy (non-hydrogen) atoms. The molecule has 0 unspecified atom stereocenters. The summed E-state index contributed by atoms with van der Waals surface area (Å²) in [7, 11) is 34.0. The number of H-pyrrole nitrogens is 4. The van der Waals surface area contributed by atoms with E-state index in [-0.39, 0.29) is 0 Å². The van der Waals surface area contributed by atoms with Crippen molar-refractivity contribution in [3.8, 4) is 0 Å². The number of rotatable bonds is 0. The van der Waals surface area contributed by atoms with E-state index >= 15 is 0 Å². The predicted molar refractivity (Wildman–Crippen MR) is 191 cm³/mol. The molecule has 0 saturated carbocycles. The van der Waals surface area contributed by atoms with Crippen molar-refractivity contribution in [2.24, 2.45) is 0 Å². The first-order valence-corrected chi connectivity index (χ1v) is 30.4. The van der Waals surface area contributed by atoms with E-state index < -0.39 is 21.6 Å². The third kappa shape index (κ3) is 16.4. The van der Waals surface area contributed by atoms with E-state index in [2.05, 4.69) is 40.8 Å². The Labute approximate surface area is 302 Å². The monoisotopic (exact) mass is 956 g/mol. The predicted octanol–water partition coefficient (Wildman–Crippen LogP) is 11.8. The molecule has 0 bridgehead atoms. The topological polar surface area (TPSA) is 115 Å². The molecule has 248 valence electrons. The van der Waals surface area contributed by atoms with E-state index in [4.69, 9.17) is 77.5 Å². The zero-order chi connectivity index (χ0) is 33.4. The average molecular weight is 958 g/mol. The first-order valence-electron chi connectivity index (χ1n) is 12.5. The van der Waals surface area contributed by atoms with Gasteiger partial charge in [-0.05, 0) is 24.3 Å². The molecule has 8 rings (SSSR count). The van der Waals surface area contributed by atoms with Gasteiger partial charge in [-0.1, -0.05) is 72.8 Å². The van der Waals surface area contributed by atoms with Gasteiger partial charge in [0.15, 0.2) is 0 Å². The molecular formula is C28H24Cl8N8Ru2. The van der Waals surface area contributed by atoms with Gasteiger partial charge in [0.05, 0.1) is 46.9 Å². The number of nitrogens with zero attached hydrogens (tertiary/aromatic N) is 4. The first kappa shape index (κ1) is 38.8. The van der Waals surface area contributed by atoms with Gasteiger partial charge < -0.3 is 0 Å². The number of hydrogen-bond donors (Lipinski definition) is 4. The summed E-state index contributed by atoms with van der Waals surface area (Å²) in [6, 6.07) is 32.1. The number of aromatic nitrogens is 8. The van der Waals surface area contributed by atoms with E-state index in [0.717, 1.165) is 43.6 Å². The quantitative estimate of drug-likeness (QED) is 0.113. The van der Waals surface area contributed by atoms with Gasteiger partial charge in [-0.15, -0.1) is 0 Å². The second-order valence-corrected chi connectivity index (χ2v) is 40.1. The van der Waals surface area contributed by atoms with E-state index in [1.54, 1.807) is 0 Å². The Morgan fingerprint density at radius 1 is 0.326 bits per heavy atom. The molecular weight excluding hydrogens is 934 g/mol. The van der Waals surface area contributed by atoms with Crippen LogP contribution < -0.4 is 0 Å². The Morgan fingerprint density at radius 2 is 0.500 bits per heavy atom. The van der Waals surface area contributed by atoms with Gasteiger partial charge in [-0.3, -0.25) is 20.4 Å². The molecule has 4 aromatic carbocycles. The maximum Gasteiger partial charge on any atom is 0.0650 e. The fourth-order valence-corrected chi connectivity index (χ4v) is 3.53. The van der Waals surface area contributed by atoms with Crippen LogP contribution in [-0.2, 0) is 21.6 Å². The largest absolute Gasteiger partial charge is 0.278 e. The minimum Gasteiger partial charge on any atom is -0.278 e. The summed E-state index contributed by atoms with van der Waals surface area (Å²) < 4.78 is 0. The molecule has 0 atom stereocenters. The van der Waals surface area contributed by atoms with E-state index in [1.807, 2.05) is 122 Å². The molecule has 0 fully saturated rings. The number of fused-ring (bicyclic) bond motifs is 4. The minimum absolute atomic E-state index is 1.09. The van der Waals surface area contributed by atoms with Crippen molar-refractivity contribution in [1.29, 1.82) is 0 Å². The molecule has 4 aromatic heterocycles. The summed E-state index contributed by atoms with van der Waals surface area (Å²) in [5.74, 6) is 0. The summed E-state index contributed by atoms with van der Waals surface area (Å²) in [6.45, 7) is 0. The molecule has 0 amide bonds. The van der Waals surface area contributed by atoms with E-state index in [0.29, 0.717) is 0 Å². The third-order valence-corrected chi connectivity index (χ3v) is 5.40. The van der Waals surface area contributed by atoms with E-state index in [1.165, 1.54) is 0 Å². The smallest absolute Gasteiger partial charge is 0.0650 e. The first-order chi connectivity index (χ1) is 21.9. The molecule has 8 aromatic rings. The second kappa shape index (κ2) is 20.0. The zero-order valence-corrected chi connectivity index (χ0v) is 32.6. The van der Waals surface area contributed by atoms with Crippen molar-refractivity contribution in [3.63, 3.8) is 0 Å². The second-order valence-electron chi connectivity index (χ2n) is 8.44. The number of benzene rings is 4. The van der Waals surface area contributed by atoms with Crippen LogP contribution in [0.3, 0.4) is 0 Å². The average Bonchev–Trinajstić information content (AvgIpc) is 3.83. The van der Waals surface area contributed by atoms with Crippen LogP contribution in [0, 0.1) is 0 Å². The number of aromatic amines is 4. The van der Waals surface area contributed by atoms with Gasteiger partial charge in [-0.25, -0.2) is 0 Å². The molecule has 0 aliphatic carbocycles. The van der Waals surface area contributed by atoms with Crippen molar-refractivity contribution in [3.05, 3.63) is 122 Å². The SMILES string of the molecule is [Cl][Ru]([Cl])([Cl])[Cl].[Cl][Ru]([Cl])([Cl])[Cl].c1ccc2[nH]ncc2c1.c1ccc2[nH]ncc2c1.c1ccc2[nH]ncc2c1.c1ccc2[nH]ncc2c1. The van der Waals surface area contributed by atoms with Crippen LogP contribution in [0.4, 0.5) is 0 Å². The van der Waals surface area contributed by atoms with Crippen LogP contribution >= 0.6 is 77.5 Å². The molecule has 0 aliphatic rings. The van der Waals surface area contributed by atoms with Crippen LogP contribution in [-0.4, -0.2) is 40.8 Å². The van der Waals surface area contributed by atoms with Crippen molar-refractivity contribution < 1.29 is 21.6 Å². The van der Waals surface area contributed by atoms with E-state index in [9.17, 15) is 0 Å². The summed E-state index contributed by atoms with van der Waals surface area (Å²) >= 11 is 0. The molecule has 0 saturated heterocycles. The zero-order valence-electron chi connectivity index (χ0n) is 23.1. The Bertz CT molecular complexity index is 1590. The van der Waals surface area contributed by atoms with Crippen LogP contribution in [0.5, 0.6) is 0 Å². The molecule has 0 radical (unpaired) electrons. The van der Waals surface area contributed by atoms with Gasteiger partial charge >= 0.3 is 99.2 Å². The van der Waals surface area contributed by atoms with Gasteiger partial charge in [0.25, 0.3) is 0 Å². The number of halogens is 8. The summed E-state index contributed by atoms with van der Waals surface area (Å²) in [5, 5.41) is 31.6. The molecule has 8 nitrogen and oxygen atoms in total. The van der Waals surface area contributed by atoms with Crippen LogP contribution in [0.2, 0.25) is 0 Å². The standard InChI is InChI=1S/4C7H6N2.8ClH.2Ru/c4*1-2-4-7-6(3-1)5-8-9-7;;;;;;;;;;/h4*1-5H,(H,8,9);8*1H;;/q;;;;;;;;;;;;2*+4/p-8. The Balaban J connectivity index is 0.000000153. The molecule has 0 spiro atoms. The third-order valence-electron chi connectivity index (χ3n) is 5.40. The van der Waals surface area contributed by atoms with Gasteiger partial charge in [0.2, 0.25) is 0 Å².